The van der Waals surface area contributed by atoms with Crippen LogP contribution in [0.5, 0.6) is 0 Å². The Bertz CT molecular complexity index is 985. The van der Waals surface area contributed by atoms with Crippen molar-refractivity contribution in [3.63, 3.8) is 0 Å². The molecule has 5 rings (SSSR count). The predicted molar refractivity (Wildman–Crippen MR) is 103 cm³/mol. The van der Waals surface area contributed by atoms with Crippen LogP contribution in [0.25, 0.3) is 10.2 Å². The minimum absolute atomic E-state index is 0.362. The smallest absolute Gasteiger partial charge is 0.160 e. The molecule has 136 valence electrons. The summed E-state index contributed by atoms with van der Waals surface area (Å²) >= 11 is 1.86. The zero-order valence-corrected chi connectivity index (χ0v) is 16.3. The average Bonchev–Trinajstić information content (AvgIpc) is 3.18. The van der Waals surface area contributed by atoms with Crippen molar-refractivity contribution in [3.8, 4) is 0 Å². The van der Waals surface area contributed by atoms with E-state index in [1.807, 2.05) is 42.3 Å². The summed E-state index contributed by atoms with van der Waals surface area (Å²) in [5.74, 6) is 2.90. The number of thiophene rings is 1. The molecule has 1 saturated heterocycles. The highest BCUT2D eigenvalue weighted by atomic mass is 32.1. The van der Waals surface area contributed by atoms with Gasteiger partial charge >= 0.3 is 0 Å². The third-order valence-electron chi connectivity index (χ3n) is 5.72. The van der Waals surface area contributed by atoms with Crippen molar-refractivity contribution in [2.75, 3.05) is 25.1 Å². The Morgan fingerprint density at radius 1 is 1.19 bits per heavy atom. The van der Waals surface area contributed by atoms with Crippen LogP contribution in [0.4, 0.5) is 5.82 Å². The standard InChI is InChI=1S/C19H23N5OS/c1-12-21-16(15-13-6-4-5-7-14(13)26-17(15)22-12)24-10-19(11-24,25-3)18-20-8-9-23(18)2/h8-9H,4-7,10-11H2,1-3H3. The molecule has 3 aromatic heterocycles. The van der Waals surface area contributed by atoms with Crippen molar-refractivity contribution >= 4 is 27.4 Å². The minimum Gasteiger partial charge on any atom is -0.367 e. The Hall–Kier alpha value is -1.99. The second-order valence-corrected chi connectivity index (χ2v) is 8.49. The highest BCUT2D eigenvalue weighted by Crippen LogP contribution is 2.44. The van der Waals surface area contributed by atoms with Crippen molar-refractivity contribution in [3.05, 3.63) is 34.5 Å². The van der Waals surface area contributed by atoms with Crippen LogP contribution in [-0.4, -0.2) is 39.7 Å². The lowest BCUT2D eigenvalue weighted by Crippen LogP contribution is -2.62. The molecule has 0 atom stereocenters. The zero-order valence-electron chi connectivity index (χ0n) is 15.4. The molecule has 4 heterocycles. The maximum Gasteiger partial charge on any atom is 0.160 e. The van der Waals surface area contributed by atoms with Gasteiger partial charge in [-0.15, -0.1) is 11.3 Å². The van der Waals surface area contributed by atoms with Gasteiger partial charge in [-0.3, -0.25) is 0 Å². The van der Waals surface area contributed by atoms with E-state index < -0.39 is 0 Å². The van der Waals surface area contributed by atoms with Gasteiger partial charge in [-0.2, -0.15) is 0 Å². The summed E-state index contributed by atoms with van der Waals surface area (Å²) in [6.07, 6.45) is 8.70. The molecule has 0 saturated carbocycles. The number of aromatic nitrogens is 4. The molecule has 0 amide bonds. The number of fused-ring (bicyclic) bond motifs is 3. The van der Waals surface area contributed by atoms with Crippen molar-refractivity contribution in [1.82, 2.24) is 19.5 Å². The fourth-order valence-corrected chi connectivity index (χ4v) is 5.66. The lowest BCUT2D eigenvalue weighted by Gasteiger charge is -2.49. The molecule has 0 unspecified atom stereocenters. The van der Waals surface area contributed by atoms with E-state index in [0.29, 0.717) is 0 Å². The summed E-state index contributed by atoms with van der Waals surface area (Å²) in [5.41, 5.74) is 1.12. The van der Waals surface area contributed by atoms with Gasteiger partial charge in [0.2, 0.25) is 0 Å². The average molecular weight is 369 g/mol. The first-order valence-electron chi connectivity index (χ1n) is 9.18. The van der Waals surface area contributed by atoms with Crippen molar-refractivity contribution in [1.29, 1.82) is 0 Å². The van der Waals surface area contributed by atoms with E-state index in [4.69, 9.17) is 14.7 Å². The monoisotopic (exact) mass is 369 g/mol. The van der Waals surface area contributed by atoms with Crippen LogP contribution in [0.3, 0.4) is 0 Å². The number of hydrogen-bond donors (Lipinski definition) is 0. The van der Waals surface area contributed by atoms with E-state index in [1.165, 1.54) is 35.1 Å². The summed E-state index contributed by atoms with van der Waals surface area (Å²) in [4.78, 5) is 19.1. The van der Waals surface area contributed by atoms with Crippen molar-refractivity contribution in [2.24, 2.45) is 7.05 Å². The summed E-state index contributed by atoms with van der Waals surface area (Å²) in [6, 6.07) is 0. The molecule has 7 heteroatoms. The molecule has 2 aliphatic rings. The maximum atomic E-state index is 5.92. The Morgan fingerprint density at radius 2 is 2.00 bits per heavy atom. The number of rotatable bonds is 3. The minimum atomic E-state index is -0.362. The molecule has 3 aromatic rings. The summed E-state index contributed by atoms with van der Waals surface area (Å²) in [6.45, 7) is 3.53. The number of ether oxygens (including phenoxy) is 1. The van der Waals surface area contributed by atoms with Gasteiger partial charge < -0.3 is 14.2 Å². The maximum absolute atomic E-state index is 5.92. The Balaban J connectivity index is 1.56. The van der Waals surface area contributed by atoms with Crippen LogP contribution in [0, 0.1) is 6.92 Å². The molecule has 26 heavy (non-hydrogen) atoms. The van der Waals surface area contributed by atoms with Crippen LogP contribution in [0.2, 0.25) is 0 Å². The molecule has 0 spiro atoms. The second kappa shape index (κ2) is 5.76. The van der Waals surface area contributed by atoms with E-state index in [9.17, 15) is 0 Å². The summed E-state index contributed by atoms with van der Waals surface area (Å²) in [7, 11) is 3.80. The molecule has 0 N–H and O–H groups in total. The third kappa shape index (κ3) is 2.23. The van der Waals surface area contributed by atoms with Crippen LogP contribution >= 0.6 is 11.3 Å². The number of nitrogens with zero attached hydrogens (tertiary/aromatic N) is 5. The molecular formula is C19H23N5OS. The fraction of sp³-hybridized carbons (Fsp3) is 0.526. The first-order chi connectivity index (χ1) is 12.6. The van der Waals surface area contributed by atoms with Crippen LogP contribution in [0.15, 0.2) is 12.4 Å². The topological polar surface area (TPSA) is 56.1 Å². The van der Waals surface area contributed by atoms with E-state index in [2.05, 4.69) is 9.88 Å². The molecule has 6 nitrogen and oxygen atoms in total. The van der Waals surface area contributed by atoms with Gasteiger partial charge in [-0.25, -0.2) is 15.0 Å². The lowest BCUT2D eigenvalue weighted by atomic mass is 9.91. The normalized spacial score (nSPS) is 18.8. The molecule has 1 fully saturated rings. The Kier molecular flexibility index (Phi) is 3.59. The highest BCUT2D eigenvalue weighted by Gasteiger charge is 2.49. The molecule has 1 aliphatic carbocycles. The number of aryl methyl sites for hydroxylation is 4. The number of anilines is 1. The van der Waals surface area contributed by atoms with Crippen molar-refractivity contribution in [2.45, 2.75) is 38.2 Å². The highest BCUT2D eigenvalue weighted by molar-refractivity contribution is 7.19. The first-order valence-corrected chi connectivity index (χ1v) is 10.00. The van der Waals surface area contributed by atoms with Crippen LogP contribution in [-0.2, 0) is 30.2 Å². The molecular weight excluding hydrogens is 346 g/mol. The molecule has 0 aromatic carbocycles. The van der Waals surface area contributed by atoms with Gasteiger partial charge in [0.05, 0.1) is 18.5 Å². The fourth-order valence-electron chi connectivity index (χ4n) is 4.36. The first kappa shape index (κ1) is 16.2. The Morgan fingerprint density at radius 3 is 2.73 bits per heavy atom. The summed E-state index contributed by atoms with van der Waals surface area (Å²) in [5, 5.41) is 1.28. The van der Waals surface area contributed by atoms with Gasteiger partial charge in [-0.05, 0) is 38.2 Å². The number of methoxy groups -OCH3 is 1. The summed E-state index contributed by atoms with van der Waals surface area (Å²) < 4.78 is 7.97. The van der Waals surface area contributed by atoms with Crippen molar-refractivity contribution < 1.29 is 4.74 Å². The van der Waals surface area contributed by atoms with E-state index in [1.54, 1.807) is 7.11 Å². The number of imidazole rings is 1. The van der Waals surface area contributed by atoms with Crippen LogP contribution < -0.4 is 4.90 Å². The Labute approximate surface area is 156 Å². The number of hydrogen-bond acceptors (Lipinski definition) is 6. The molecule has 1 aliphatic heterocycles. The van der Waals surface area contributed by atoms with E-state index in [0.717, 1.165) is 41.8 Å². The SMILES string of the molecule is COC1(c2nccn2C)CN(c2nc(C)nc3sc4c(c23)CCCC4)C1. The third-order valence-corrected chi connectivity index (χ3v) is 6.90. The molecule has 0 bridgehead atoms. The quantitative estimate of drug-likeness (QED) is 0.710. The lowest BCUT2D eigenvalue weighted by molar-refractivity contribution is -0.0475. The second-order valence-electron chi connectivity index (χ2n) is 7.40. The van der Waals surface area contributed by atoms with E-state index in [-0.39, 0.29) is 5.60 Å². The van der Waals surface area contributed by atoms with E-state index >= 15 is 0 Å². The predicted octanol–water partition coefficient (Wildman–Crippen LogP) is 2.97. The zero-order chi connectivity index (χ0) is 17.9. The van der Waals surface area contributed by atoms with Gasteiger partial charge in [0, 0.05) is 31.4 Å². The van der Waals surface area contributed by atoms with Gasteiger partial charge in [-0.1, -0.05) is 0 Å². The largest absolute Gasteiger partial charge is 0.367 e. The van der Waals surface area contributed by atoms with Crippen LogP contribution in [0.1, 0.15) is 34.9 Å². The van der Waals surface area contributed by atoms with Gasteiger partial charge in [0.25, 0.3) is 0 Å². The van der Waals surface area contributed by atoms with Gasteiger partial charge in [0.1, 0.15) is 22.3 Å². The van der Waals surface area contributed by atoms with Gasteiger partial charge in [0.15, 0.2) is 5.60 Å². The molecule has 0 radical (unpaired) electrons.